The van der Waals surface area contributed by atoms with Crippen molar-refractivity contribution in [1.29, 1.82) is 0 Å². The van der Waals surface area contributed by atoms with Gasteiger partial charge in [0.1, 0.15) is 0 Å². The first-order chi connectivity index (χ1) is 5.88. The molecular formula is C8H11BrN2S. The molecule has 0 saturated carbocycles. The van der Waals surface area contributed by atoms with E-state index in [-0.39, 0.29) is 0 Å². The van der Waals surface area contributed by atoms with E-state index in [9.17, 15) is 0 Å². The van der Waals surface area contributed by atoms with Crippen LogP contribution in [0.4, 0.5) is 0 Å². The highest BCUT2D eigenvalue weighted by atomic mass is 79.9. The molecule has 12 heavy (non-hydrogen) atoms. The van der Waals surface area contributed by atoms with Gasteiger partial charge in [0.15, 0.2) is 0 Å². The molecule has 4 heteroatoms. The molecule has 0 aromatic carbocycles. The zero-order valence-corrected chi connectivity index (χ0v) is 9.12. The Kier molecular flexibility index (Phi) is 2.78. The average molecular weight is 247 g/mol. The molecule has 1 saturated heterocycles. The third-order valence-electron chi connectivity index (χ3n) is 2.22. The van der Waals surface area contributed by atoms with Gasteiger partial charge in [-0.25, -0.2) is 0 Å². The van der Waals surface area contributed by atoms with E-state index >= 15 is 0 Å². The van der Waals surface area contributed by atoms with Crippen LogP contribution in [0.1, 0.15) is 23.6 Å². The van der Waals surface area contributed by atoms with Crippen molar-refractivity contribution in [2.24, 2.45) is 0 Å². The van der Waals surface area contributed by atoms with E-state index in [1.807, 2.05) is 6.20 Å². The van der Waals surface area contributed by atoms with E-state index in [1.165, 1.54) is 28.7 Å². The summed E-state index contributed by atoms with van der Waals surface area (Å²) in [6, 6.07) is 0. The van der Waals surface area contributed by atoms with Crippen LogP contribution in [0.25, 0.3) is 0 Å². The molecule has 66 valence electrons. The maximum absolute atomic E-state index is 4.16. The van der Waals surface area contributed by atoms with Crippen LogP contribution < -0.4 is 5.32 Å². The maximum atomic E-state index is 4.16. The molecule has 2 rings (SSSR count). The van der Waals surface area contributed by atoms with E-state index in [1.54, 1.807) is 11.5 Å². The normalized spacial score (nSPS) is 24.2. The van der Waals surface area contributed by atoms with Crippen LogP contribution in [0.5, 0.6) is 0 Å². The van der Waals surface area contributed by atoms with E-state index in [0.717, 1.165) is 6.54 Å². The first-order valence-corrected chi connectivity index (χ1v) is 5.75. The molecule has 0 radical (unpaired) electrons. The van der Waals surface area contributed by atoms with Crippen LogP contribution in [-0.4, -0.2) is 17.5 Å². The lowest BCUT2D eigenvalue weighted by atomic mass is 9.98. The van der Waals surface area contributed by atoms with Crippen molar-refractivity contribution in [2.75, 3.05) is 13.1 Å². The van der Waals surface area contributed by atoms with Crippen molar-refractivity contribution in [3.8, 4) is 0 Å². The van der Waals surface area contributed by atoms with Gasteiger partial charge >= 0.3 is 0 Å². The lowest BCUT2D eigenvalue weighted by molar-refractivity contribution is 0.465. The molecule has 1 aromatic rings. The Hall–Kier alpha value is 0.0700. The second kappa shape index (κ2) is 3.85. The van der Waals surface area contributed by atoms with E-state index in [2.05, 4.69) is 25.6 Å². The highest BCUT2D eigenvalue weighted by Gasteiger charge is 2.18. The summed E-state index contributed by atoms with van der Waals surface area (Å²) in [5.74, 6) is 0.681. The first kappa shape index (κ1) is 8.66. The molecule has 0 amide bonds. The van der Waals surface area contributed by atoms with Gasteiger partial charge in [-0.3, -0.25) is 0 Å². The van der Waals surface area contributed by atoms with Gasteiger partial charge in [0, 0.05) is 17.3 Å². The average Bonchev–Trinajstić information content (AvgIpc) is 2.53. The molecule has 0 spiro atoms. The molecule has 1 aromatic heterocycles. The Morgan fingerprint density at radius 3 is 3.17 bits per heavy atom. The minimum atomic E-state index is 0.681. The molecule has 1 aliphatic heterocycles. The summed E-state index contributed by atoms with van der Waals surface area (Å²) in [5.41, 5.74) is 0. The molecule has 1 unspecified atom stereocenters. The minimum absolute atomic E-state index is 0.681. The van der Waals surface area contributed by atoms with Crippen LogP contribution in [-0.2, 0) is 0 Å². The van der Waals surface area contributed by atoms with E-state index in [0.29, 0.717) is 5.92 Å². The molecule has 1 fully saturated rings. The lowest BCUT2D eigenvalue weighted by Gasteiger charge is -2.21. The fraction of sp³-hybridized carbons (Fsp3) is 0.625. The largest absolute Gasteiger partial charge is 0.316 e. The predicted molar refractivity (Wildman–Crippen MR) is 54.7 cm³/mol. The summed E-state index contributed by atoms with van der Waals surface area (Å²) < 4.78 is 5.35. The standard InChI is InChI=1S/C8H11BrN2S/c9-7-5-11-12-8(7)6-2-1-3-10-4-6/h5-6,10H,1-4H2. The number of halogens is 1. The van der Waals surface area contributed by atoms with Crippen molar-refractivity contribution >= 4 is 27.5 Å². The van der Waals surface area contributed by atoms with Crippen LogP contribution in [0.2, 0.25) is 0 Å². The van der Waals surface area contributed by atoms with Crippen molar-refractivity contribution in [3.63, 3.8) is 0 Å². The summed E-state index contributed by atoms with van der Waals surface area (Å²) in [6.45, 7) is 2.29. The summed E-state index contributed by atoms with van der Waals surface area (Å²) >= 11 is 5.14. The zero-order valence-electron chi connectivity index (χ0n) is 6.72. The van der Waals surface area contributed by atoms with Gasteiger partial charge in [0.05, 0.1) is 10.7 Å². The van der Waals surface area contributed by atoms with Gasteiger partial charge in [-0.2, -0.15) is 4.37 Å². The fourth-order valence-corrected chi connectivity index (χ4v) is 3.12. The Morgan fingerprint density at radius 2 is 2.58 bits per heavy atom. The molecule has 2 heterocycles. The Balaban J connectivity index is 2.13. The summed E-state index contributed by atoms with van der Waals surface area (Å²) in [5, 5.41) is 3.41. The molecule has 0 bridgehead atoms. The number of nitrogens with zero attached hydrogens (tertiary/aromatic N) is 1. The molecule has 1 atom stereocenters. The van der Waals surface area contributed by atoms with Gasteiger partial charge in [-0.1, -0.05) is 0 Å². The molecule has 0 aliphatic carbocycles. The molecule has 1 N–H and O–H groups in total. The molecule has 1 aliphatic rings. The highest BCUT2D eigenvalue weighted by molar-refractivity contribution is 9.10. The first-order valence-electron chi connectivity index (χ1n) is 4.18. The third kappa shape index (κ3) is 1.70. The van der Waals surface area contributed by atoms with Crippen molar-refractivity contribution in [1.82, 2.24) is 9.69 Å². The van der Waals surface area contributed by atoms with Gasteiger partial charge < -0.3 is 5.32 Å². The second-order valence-electron chi connectivity index (χ2n) is 3.08. The Morgan fingerprint density at radius 1 is 1.67 bits per heavy atom. The quantitative estimate of drug-likeness (QED) is 0.824. The number of hydrogen-bond donors (Lipinski definition) is 1. The number of rotatable bonds is 1. The monoisotopic (exact) mass is 246 g/mol. The number of hydrogen-bond acceptors (Lipinski definition) is 3. The van der Waals surface area contributed by atoms with Crippen LogP contribution >= 0.6 is 27.5 Å². The van der Waals surface area contributed by atoms with Crippen molar-refractivity contribution in [2.45, 2.75) is 18.8 Å². The van der Waals surface area contributed by atoms with Gasteiger partial charge in [-0.05, 0) is 46.8 Å². The van der Waals surface area contributed by atoms with Crippen LogP contribution in [0.3, 0.4) is 0 Å². The smallest absolute Gasteiger partial charge is 0.0552 e. The topological polar surface area (TPSA) is 24.9 Å². The van der Waals surface area contributed by atoms with Gasteiger partial charge in [0.2, 0.25) is 0 Å². The highest BCUT2D eigenvalue weighted by Crippen LogP contribution is 2.32. The SMILES string of the molecule is Brc1cnsc1C1CCCNC1. The summed E-state index contributed by atoms with van der Waals surface area (Å²) in [7, 11) is 0. The minimum Gasteiger partial charge on any atom is -0.316 e. The second-order valence-corrected chi connectivity index (χ2v) is 4.77. The van der Waals surface area contributed by atoms with E-state index in [4.69, 9.17) is 0 Å². The Labute approximate surface area is 84.7 Å². The van der Waals surface area contributed by atoms with Crippen molar-refractivity contribution in [3.05, 3.63) is 15.5 Å². The lowest BCUT2D eigenvalue weighted by Crippen LogP contribution is -2.28. The van der Waals surface area contributed by atoms with Crippen LogP contribution in [0.15, 0.2) is 10.7 Å². The molecular weight excluding hydrogens is 236 g/mol. The number of piperidine rings is 1. The maximum Gasteiger partial charge on any atom is 0.0552 e. The summed E-state index contributed by atoms with van der Waals surface area (Å²) in [6.07, 6.45) is 4.48. The van der Waals surface area contributed by atoms with E-state index < -0.39 is 0 Å². The number of aromatic nitrogens is 1. The molecule has 2 nitrogen and oxygen atoms in total. The van der Waals surface area contributed by atoms with Gasteiger partial charge in [-0.15, -0.1) is 0 Å². The Bertz CT molecular complexity index is 255. The zero-order chi connectivity index (χ0) is 8.39. The van der Waals surface area contributed by atoms with Crippen molar-refractivity contribution < 1.29 is 0 Å². The number of nitrogens with one attached hydrogen (secondary N) is 1. The van der Waals surface area contributed by atoms with Crippen LogP contribution in [0, 0.1) is 0 Å². The van der Waals surface area contributed by atoms with Gasteiger partial charge in [0.25, 0.3) is 0 Å². The fourth-order valence-electron chi connectivity index (χ4n) is 1.58. The summed E-state index contributed by atoms with van der Waals surface area (Å²) in [4.78, 5) is 1.40. The predicted octanol–water partition coefficient (Wildman–Crippen LogP) is 2.37. The third-order valence-corrected chi connectivity index (χ3v) is 4.08.